The lowest BCUT2D eigenvalue weighted by Crippen LogP contribution is -2.65. The van der Waals surface area contributed by atoms with Gasteiger partial charge >= 0.3 is 12.3 Å². The van der Waals surface area contributed by atoms with Gasteiger partial charge in [0.15, 0.2) is 30.1 Å². The fourth-order valence-corrected chi connectivity index (χ4v) is 17.7. The number of fused-ring (bicyclic) bond motifs is 15. The number of aromatic hydroxyl groups is 3. The number of aliphatic hydroxyl groups is 8. The van der Waals surface area contributed by atoms with Crippen LogP contribution in [-0.2, 0) is 85.2 Å². The Morgan fingerprint density at radius 1 is 0.674 bits per heavy atom. The van der Waals surface area contributed by atoms with Gasteiger partial charge in [-0.05, 0) is 146 Å². The molecule has 0 radical (unpaired) electrons. The van der Waals surface area contributed by atoms with Gasteiger partial charge in [-0.2, -0.15) is 8.42 Å². The smallest absolute Gasteiger partial charge is 0.507 e. The minimum absolute atomic E-state index is 0.0718. The number of alkyl halides is 3. The molecule has 51 heteroatoms. The number of carboxylic acid groups (broad SMARTS) is 1. The van der Waals surface area contributed by atoms with Crippen molar-refractivity contribution in [1.29, 1.82) is 0 Å². The molecule has 0 aromatic heterocycles. The second kappa shape index (κ2) is 44.2. The van der Waals surface area contributed by atoms with Crippen molar-refractivity contribution in [3.63, 3.8) is 0 Å². The third-order valence-corrected chi connectivity index (χ3v) is 25.3. The Bertz CT molecular complexity index is 6000. The molecule has 1 unspecified atom stereocenters. The van der Waals surface area contributed by atoms with Crippen molar-refractivity contribution in [2.75, 3.05) is 37.8 Å². The van der Waals surface area contributed by atoms with Gasteiger partial charge in [-0.15, -0.1) is 13.2 Å². The number of benzene rings is 7. The second-order valence-electron chi connectivity index (χ2n) is 34.9. The number of aliphatic carboxylic acids is 1. The van der Waals surface area contributed by atoms with E-state index in [2.05, 4.69) is 57.9 Å². The zero-order chi connectivity index (χ0) is 103. The number of hydrogen-bond acceptors (Lipinski definition) is 35. The molecule has 11 bridgehead atoms. The Morgan fingerprint density at radius 3 is 1.95 bits per heavy atom. The number of nitrogens with two attached hydrogens (primary N) is 2. The molecule has 3 saturated heterocycles. The van der Waals surface area contributed by atoms with Gasteiger partial charge in [-0.25, -0.2) is 4.79 Å². The number of halogens is 5. The van der Waals surface area contributed by atoms with E-state index in [0.717, 1.165) is 84.9 Å². The summed E-state index contributed by atoms with van der Waals surface area (Å²) in [6.45, 7) is 3.49. The Labute approximate surface area is 809 Å². The number of aliphatic hydroxyl groups excluding tert-OH is 8. The lowest BCUT2D eigenvalue weighted by molar-refractivity contribution is -0.350. The number of hydrogen-bond donors (Lipinski definition) is 25. The molecule has 23 atom stereocenters. The van der Waals surface area contributed by atoms with E-state index in [1.807, 2.05) is 0 Å². The number of nitrogens with one attached hydrogen (secondary N) is 10. The van der Waals surface area contributed by atoms with Crippen molar-refractivity contribution in [2.24, 2.45) is 17.4 Å². The fraction of sp³-hybridized carbons (Fsp3) is 0.433. The van der Waals surface area contributed by atoms with E-state index in [0.29, 0.717) is 5.56 Å². The van der Waals surface area contributed by atoms with Crippen LogP contribution in [-0.4, -0.2) is 276 Å². The molecule has 8 heterocycles. The van der Waals surface area contributed by atoms with E-state index >= 15 is 24.0 Å². The van der Waals surface area contributed by atoms with E-state index in [1.165, 1.54) is 51.2 Å². The van der Waals surface area contributed by atoms with Crippen molar-refractivity contribution in [3.05, 3.63) is 176 Å². The fourth-order valence-electron chi connectivity index (χ4n) is 16.8. The zero-order valence-electron chi connectivity index (χ0n) is 75.1. The molecule has 762 valence electrons. The molecule has 27 N–H and O–H groups in total. The highest BCUT2D eigenvalue weighted by molar-refractivity contribution is 7.85. The molecule has 45 nitrogen and oxygen atoms in total. The monoisotopic (exact) mass is 2040 g/mol. The first-order valence-electron chi connectivity index (χ1n) is 43.7. The summed E-state index contributed by atoms with van der Waals surface area (Å²) in [6, 6.07) is 7.05. The first-order chi connectivity index (χ1) is 66.5. The third kappa shape index (κ3) is 25.0. The summed E-state index contributed by atoms with van der Waals surface area (Å²) in [4.78, 5) is 135. The average Bonchev–Trinajstić information content (AvgIpc) is 0.766. The lowest BCUT2D eigenvalue weighted by Gasteiger charge is -2.46. The minimum Gasteiger partial charge on any atom is -0.507 e. The topological polar surface area (TPSA) is 706 Å². The van der Waals surface area contributed by atoms with Gasteiger partial charge in [0, 0.05) is 66.1 Å². The first kappa shape index (κ1) is 106. The van der Waals surface area contributed by atoms with E-state index in [9.17, 15) is 107 Å². The van der Waals surface area contributed by atoms with Crippen LogP contribution in [0, 0.1) is 5.92 Å². The van der Waals surface area contributed by atoms with Gasteiger partial charge in [0.25, 0.3) is 16.0 Å². The number of carbonyl (C=O) groups excluding carboxylic acids is 8. The number of carbonyl (C=O) groups is 9. The first-order valence-corrected chi connectivity index (χ1v) is 46.1. The number of ether oxygens (including phenoxy) is 9. The summed E-state index contributed by atoms with van der Waals surface area (Å²) in [7, 11) is -3.22. The van der Waals surface area contributed by atoms with Crippen molar-refractivity contribution in [1.82, 2.24) is 47.9 Å². The van der Waals surface area contributed by atoms with Gasteiger partial charge in [0.1, 0.15) is 126 Å². The Hall–Kier alpha value is -12.0. The highest BCUT2D eigenvalue weighted by Gasteiger charge is 2.54. The summed E-state index contributed by atoms with van der Waals surface area (Å²) in [5, 5.41) is 167. The maximum atomic E-state index is 16.6. The summed E-state index contributed by atoms with van der Waals surface area (Å²) in [6.07, 6.45) is -36.0. The number of primary amides is 1. The molecule has 7 aromatic rings. The Kier molecular flexibility index (Phi) is 33.3. The molecule has 141 heavy (non-hydrogen) atoms. The van der Waals surface area contributed by atoms with Crippen molar-refractivity contribution < 1.29 is 173 Å². The molecule has 8 amide bonds. The number of phenolic OH excluding ortho intramolecular Hbond substituents is 3. The summed E-state index contributed by atoms with van der Waals surface area (Å²) < 4.78 is 127. The number of rotatable bonds is 27. The van der Waals surface area contributed by atoms with Crippen LogP contribution >= 0.6 is 23.2 Å². The quantitative estimate of drug-likeness (QED) is 0.0251. The molecule has 15 rings (SSSR count). The highest BCUT2D eigenvalue weighted by atomic mass is 35.5. The van der Waals surface area contributed by atoms with Gasteiger partial charge in [0.2, 0.25) is 53.4 Å². The van der Waals surface area contributed by atoms with Gasteiger partial charge in [-0.1, -0.05) is 73.4 Å². The summed E-state index contributed by atoms with van der Waals surface area (Å²) in [5.41, 5.74) is 7.04. The van der Waals surface area contributed by atoms with Gasteiger partial charge in [-0.3, -0.25) is 42.9 Å². The predicted octanol–water partition coefficient (Wildman–Crippen LogP) is 0.856. The number of amides is 8. The Balaban J connectivity index is 0.945. The van der Waals surface area contributed by atoms with Crippen LogP contribution in [0.25, 0.3) is 11.1 Å². The molecule has 0 aliphatic carbocycles. The van der Waals surface area contributed by atoms with Crippen molar-refractivity contribution in [2.45, 2.75) is 206 Å². The van der Waals surface area contributed by atoms with Crippen LogP contribution in [0.2, 0.25) is 10.0 Å². The lowest BCUT2D eigenvalue weighted by atomic mass is 9.86. The standard InChI is InChI=1S/C90H103Cl2F3N12O33S/c1-35(2)20-50(98-5)80(121)106-66-68(112)39-13-16-54(48(91)24-39)133-56-26-42-27-57(76(56)138-88-74(118)72(116)77(59(34-108)136-88)139-87-73(117)71(115)70(114)58(135-87)33-100-31-37-8-6-10-43(21-37)101-79(120)41-9-7-11-44(22-41)140-90(93,94)95)134-55-17-14-40(25-49(55)92)75(137-61-30-89(4,97)78(119)36(3)132-61)67-85(126)105-65(86(127)128)46-28-53(110)47(32-99-18-19-141(129,130)131)69(113)62(46)45-23-38(12-15-52(45)109)63(82(123)107-67)104-83(124)64(42)103-81(122)51(29-60(96)111)102-84(66)125/h6-17,21-28,35-36,50-51,58-59,61,63-68,70-75,77-78,87-88,98-100,108-110,112-119H,18-20,29-34,97H2,1-5H3,(H2,96,111)(H,101,120)(H,102,125)(H,103,122)(H,104,124)(H,105,126)(H,106,121)(H,107,123)(H,127,128)(H,129,130,131)/t36-,50+,51-,58+,59+,61-,63-,64+,65-,66?,67-,68+,70-,71-,72+,73+,74+,75+,77+,78-,87-,88-,89-/m0/s1. The van der Waals surface area contributed by atoms with E-state index < -0.39 is 343 Å². The minimum atomic E-state index is -5.05. The average molecular weight is 2040 g/mol. The van der Waals surface area contributed by atoms with E-state index in [1.54, 1.807) is 19.9 Å². The SMILES string of the molecule is CN[C@H](CC(C)C)C(=O)NC1C(=O)N[C@@H](CC(N)=O)C(=O)N[C@H]2C(=O)N[C@@H]3C(=O)N[C@H](C(=O)N[C@H](C(=O)O)c4cc(O)c(CNCCS(=O)(=O)O)c(O)c4-c4cc3ccc4O)[C@H](O[C@H]3C[C@](C)(N)[C@@H](O)[C@H](C)O3)c3ccc(c(Cl)c3)Oc3cc2cc(c3O[C@@H]2O[C@H](CO)[C@@H](O[C@@H]3O[C@H](CNCc4cccc(NC(=O)c5cccc(OC(F)(F)F)c5)c4)[C@H](O)[C@H](O)[C@H]3O)[C@H](O)[C@H]2O)Oc2ccc(cc2Cl)[C@H]1O. The highest BCUT2D eigenvalue weighted by Crippen LogP contribution is 2.51. The van der Waals surface area contributed by atoms with Crippen LogP contribution in [0.5, 0.6) is 51.7 Å². The third-order valence-electron chi connectivity index (χ3n) is 24.0. The maximum Gasteiger partial charge on any atom is 0.573 e. The van der Waals surface area contributed by atoms with Gasteiger partial charge < -0.3 is 169 Å². The molecule has 0 saturated carbocycles. The normalized spacial score (nSPS) is 27.9. The number of phenols is 3. The molecule has 8 aliphatic rings. The number of likely N-dealkylation sites (N-methyl/N-ethyl adjacent to an activating group) is 1. The van der Waals surface area contributed by atoms with Crippen LogP contribution < -0.4 is 83.6 Å². The summed E-state index contributed by atoms with van der Waals surface area (Å²) >= 11 is 14.5. The molecule has 8 aliphatic heterocycles. The predicted molar refractivity (Wildman–Crippen MR) is 482 cm³/mol. The molecule has 0 spiro atoms. The second-order valence-corrected chi connectivity index (χ2v) is 37.3. The van der Waals surface area contributed by atoms with Crippen LogP contribution in [0.15, 0.2) is 121 Å². The number of anilines is 1. The maximum absolute atomic E-state index is 16.6. The molecular weight excluding hydrogens is 1940 g/mol. The van der Waals surface area contributed by atoms with Gasteiger partial charge in [0.05, 0.1) is 52.6 Å². The van der Waals surface area contributed by atoms with E-state index in [4.69, 9.17) is 72.6 Å². The number of carboxylic acids is 1. The summed E-state index contributed by atoms with van der Waals surface area (Å²) in [5.74, 6) is -20.6. The van der Waals surface area contributed by atoms with Crippen LogP contribution in [0.3, 0.4) is 0 Å². The molecule has 7 aromatic carbocycles. The molecular formula is C90H103Cl2F3N12O33S. The zero-order valence-corrected chi connectivity index (χ0v) is 77.4. The Morgan fingerprint density at radius 2 is 1.31 bits per heavy atom. The van der Waals surface area contributed by atoms with E-state index in [-0.39, 0.29) is 47.8 Å². The van der Waals surface area contributed by atoms with Crippen molar-refractivity contribution in [3.8, 4) is 62.9 Å². The van der Waals surface area contributed by atoms with Crippen LogP contribution in [0.4, 0.5) is 18.9 Å². The van der Waals surface area contributed by atoms with Crippen molar-refractivity contribution >= 4 is 92.2 Å². The molecule has 3 fully saturated rings. The van der Waals surface area contributed by atoms with Crippen LogP contribution in [0.1, 0.15) is 127 Å². The largest absolute Gasteiger partial charge is 0.573 e.